The molecule has 8 heteroatoms. The second-order valence-electron chi connectivity index (χ2n) is 7.32. The maximum atomic E-state index is 12.5. The third kappa shape index (κ3) is 4.04. The number of carbonyl (C=O) groups is 1. The zero-order chi connectivity index (χ0) is 19.6. The van der Waals surface area contributed by atoms with E-state index in [2.05, 4.69) is 20.5 Å². The van der Waals surface area contributed by atoms with Crippen molar-refractivity contribution in [2.45, 2.75) is 59.0 Å². The van der Waals surface area contributed by atoms with Crippen molar-refractivity contribution in [3.8, 4) is 0 Å². The molecule has 0 radical (unpaired) electrons. The summed E-state index contributed by atoms with van der Waals surface area (Å²) in [4.78, 5) is 26.7. The van der Waals surface area contributed by atoms with Gasteiger partial charge in [-0.15, -0.1) is 0 Å². The molecule has 1 fully saturated rings. The van der Waals surface area contributed by atoms with Crippen LogP contribution in [0.15, 0.2) is 21.5 Å². The van der Waals surface area contributed by atoms with Gasteiger partial charge in [-0.05, 0) is 53.0 Å². The number of aryl methyl sites for hydroxylation is 2. The van der Waals surface area contributed by atoms with Crippen LogP contribution in [0.3, 0.4) is 0 Å². The zero-order valence-electron chi connectivity index (χ0n) is 16.4. The average Bonchev–Trinajstić information content (AvgIpc) is 2.98. The van der Waals surface area contributed by atoms with Gasteiger partial charge in [0.15, 0.2) is 0 Å². The molecule has 2 aromatic heterocycles. The molecular weight excluding hydrogens is 346 g/mol. The van der Waals surface area contributed by atoms with Crippen LogP contribution in [-0.4, -0.2) is 40.0 Å². The maximum absolute atomic E-state index is 12.5. The number of nitrogens with one attached hydrogen (secondary N) is 1. The molecule has 0 aromatic carbocycles. The van der Waals surface area contributed by atoms with Gasteiger partial charge in [0.2, 0.25) is 0 Å². The van der Waals surface area contributed by atoms with Crippen molar-refractivity contribution in [3.05, 3.63) is 39.5 Å². The molecule has 146 valence electrons. The van der Waals surface area contributed by atoms with Gasteiger partial charge in [-0.2, -0.15) is 5.10 Å². The Hall–Kier alpha value is -2.64. The number of rotatable bonds is 5. The predicted molar refractivity (Wildman–Crippen MR) is 102 cm³/mol. The minimum Gasteiger partial charge on any atom is -0.361 e. The predicted octanol–water partition coefficient (Wildman–Crippen LogP) is 2.22. The molecule has 1 amide bonds. The summed E-state index contributed by atoms with van der Waals surface area (Å²) in [5.41, 5.74) is 0.994. The van der Waals surface area contributed by atoms with Crippen LogP contribution in [0.1, 0.15) is 61.0 Å². The molecule has 1 N–H and O–H groups in total. The van der Waals surface area contributed by atoms with E-state index in [1.54, 1.807) is 26.0 Å². The number of piperidine rings is 1. The minimum absolute atomic E-state index is 0.0000604. The van der Waals surface area contributed by atoms with E-state index < -0.39 is 0 Å². The molecule has 3 rings (SSSR count). The molecule has 0 spiro atoms. The van der Waals surface area contributed by atoms with Crippen molar-refractivity contribution < 1.29 is 9.32 Å². The average molecular weight is 373 g/mol. The second-order valence-corrected chi connectivity index (χ2v) is 7.32. The highest BCUT2D eigenvalue weighted by Gasteiger charge is 2.26. The summed E-state index contributed by atoms with van der Waals surface area (Å²) in [6.07, 6.45) is 3.13. The van der Waals surface area contributed by atoms with Crippen LogP contribution in [0.5, 0.6) is 0 Å². The van der Waals surface area contributed by atoms with E-state index in [1.165, 1.54) is 4.68 Å². The Bertz CT molecular complexity index is 851. The van der Waals surface area contributed by atoms with Crippen molar-refractivity contribution in [2.75, 3.05) is 18.0 Å². The summed E-state index contributed by atoms with van der Waals surface area (Å²) >= 11 is 0. The molecule has 0 aliphatic carbocycles. The van der Waals surface area contributed by atoms with E-state index in [0.717, 1.165) is 31.6 Å². The number of carbonyl (C=O) groups excluding carboxylic acids is 1. The highest BCUT2D eigenvalue weighted by molar-refractivity contribution is 5.96. The lowest BCUT2D eigenvalue weighted by molar-refractivity contribution is 0.0947. The summed E-state index contributed by atoms with van der Waals surface area (Å²) in [5.74, 6) is 1.13. The molecule has 1 atom stereocenters. The van der Waals surface area contributed by atoms with Gasteiger partial charge in [0.05, 0.1) is 11.7 Å². The Labute approximate surface area is 158 Å². The molecule has 1 aliphatic heterocycles. The van der Waals surface area contributed by atoms with Gasteiger partial charge in [-0.3, -0.25) is 9.59 Å². The minimum atomic E-state index is -0.170. The number of hydrogen-bond acceptors (Lipinski definition) is 6. The van der Waals surface area contributed by atoms with E-state index in [9.17, 15) is 9.59 Å². The molecule has 2 aromatic rings. The van der Waals surface area contributed by atoms with E-state index in [0.29, 0.717) is 23.6 Å². The number of amides is 1. The van der Waals surface area contributed by atoms with Gasteiger partial charge in [-0.25, -0.2) is 4.68 Å². The van der Waals surface area contributed by atoms with Crippen LogP contribution < -0.4 is 15.8 Å². The fraction of sp³-hybridized carbons (Fsp3) is 0.579. The number of hydrogen-bond donors (Lipinski definition) is 1. The van der Waals surface area contributed by atoms with E-state index >= 15 is 0 Å². The van der Waals surface area contributed by atoms with Crippen LogP contribution in [0.2, 0.25) is 0 Å². The first-order chi connectivity index (χ1) is 12.9. The number of anilines is 1. The third-order valence-corrected chi connectivity index (χ3v) is 4.98. The van der Waals surface area contributed by atoms with Crippen molar-refractivity contribution in [2.24, 2.45) is 0 Å². The highest BCUT2D eigenvalue weighted by atomic mass is 16.5. The normalized spacial score (nSPS) is 17.4. The van der Waals surface area contributed by atoms with Gasteiger partial charge in [0, 0.05) is 25.2 Å². The summed E-state index contributed by atoms with van der Waals surface area (Å²) in [6, 6.07) is 3.47. The first-order valence-corrected chi connectivity index (χ1v) is 9.46. The van der Waals surface area contributed by atoms with Crippen LogP contribution >= 0.6 is 0 Å². The van der Waals surface area contributed by atoms with Crippen LogP contribution in [0, 0.1) is 13.8 Å². The zero-order valence-corrected chi connectivity index (χ0v) is 16.4. The lowest BCUT2D eigenvalue weighted by Gasteiger charge is -2.36. The fourth-order valence-corrected chi connectivity index (χ4v) is 3.56. The van der Waals surface area contributed by atoms with Gasteiger partial charge in [-0.1, -0.05) is 5.16 Å². The highest BCUT2D eigenvalue weighted by Crippen LogP contribution is 2.22. The molecule has 27 heavy (non-hydrogen) atoms. The Morgan fingerprint density at radius 1 is 1.33 bits per heavy atom. The van der Waals surface area contributed by atoms with Crippen LogP contribution in [-0.2, 0) is 0 Å². The second kappa shape index (κ2) is 7.94. The van der Waals surface area contributed by atoms with Gasteiger partial charge in [0.1, 0.15) is 17.1 Å². The lowest BCUT2D eigenvalue weighted by Crippen LogP contribution is -2.47. The largest absolute Gasteiger partial charge is 0.361 e. The topological polar surface area (TPSA) is 93.3 Å². The Balaban J connectivity index is 1.75. The maximum Gasteiger partial charge on any atom is 0.267 e. The van der Waals surface area contributed by atoms with Crippen LogP contribution in [0.25, 0.3) is 0 Å². The first-order valence-electron chi connectivity index (χ1n) is 9.46. The Morgan fingerprint density at radius 2 is 2.11 bits per heavy atom. The third-order valence-electron chi connectivity index (χ3n) is 4.98. The molecular formula is C19H27N5O3. The van der Waals surface area contributed by atoms with E-state index in [1.807, 2.05) is 13.8 Å². The molecule has 1 unspecified atom stereocenters. The van der Waals surface area contributed by atoms with Crippen molar-refractivity contribution in [1.82, 2.24) is 20.3 Å². The van der Waals surface area contributed by atoms with E-state index in [4.69, 9.17) is 4.52 Å². The number of aromatic nitrogens is 3. The summed E-state index contributed by atoms with van der Waals surface area (Å²) in [6.45, 7) is 8.74. The SMILES string of the molecule is Cc1noc(C)c1C(=O)NCC1CCCCN1c1ccc(=O)n(C(C)C)n1. The first kappa shape index (κ1) is 19.1. The Kier molecular flexibility index (Phi) is 5.62. The fourth-order valence-electron chi connectivity index (χ4n) is 3.56. The quantitative estimate of drug-likeness (QED) is 0.864. The van der Waals surface area contributed by atoms with Gasteiger partial charge >= 0.3 is 0 Å². The number of nitrogens with zero attached hydrogens (tertiary/aromatic N) is 4. The molecule has 8 nitrogen and oxygen atoms in total. The summed E-state index contributed by atoms with van der Waals surface area (Å²) in [7, 11) is 0. The molecule has 1 aliphatic rings. The molecule has 0 bridgehead atoms. The van der Waals surface area contributed by atoms with Gasteiger partial charge in [0.25, 0.3) is 11.5 Å². The summed E-state index contributed by atoms with van der Waals surface area (Å²) < 4.78 is 6.59. The molecule has 3 heterocycles. The monoisotopic (exact) mass is 373 g/mol. The van der Waals surface area contributed by atoms with Crippen LogP contribution in [0.4, 0.5) is 5.82 Å². The standard InChI is InChI=1S/C19H27N5O3/c1-12(2)24-17(25)9-8-16(21-24)23-10-6-5-7-15(23)11-20-19(26)18-13(3)22-27-14(18)4/h8-9,12,15H,5-7,10-11H2,1-4H3,(H,20,26). The summed E-state index contributed by atoms with van der Waals surface area (Å²) in [5, 5.41) is 11.4. The smallest absolute Gasteiger partial charge is 0.267 e. The van der Waals surface area contributed by atoms with Crippen molar-refractivity contribution in [1.29, 1.82) is 0 Å². The lowest BCUT2D eigenvalue weighted by atomic mass is 10.0. The van der Waals surface area contributed by atoms with E-state index in [-0.39, 0.29) is 23.6 Å². The van der Waals surface area contributed by atoms with Crippen molar-refractivity contribution >= 4 is 11.7 Å². The molecule has 1 saturated heterocycles. The Morgan fingerprint density at radius 3 is 2.78 bits per heavy atom. The molecule has 0 saturated carbocycles. The van der Waals surface area contributed by atoms with Gasteiger partial charge < -0.3 is 14.7 Å². The van der Waals surface area contributed by atoms with Crippen molar-refractivity contribution in [3.63, 3.8) is 0 Å².